The first kappa shape index (κ1) is 17.8. The summed E-state index contributed by atoms with van der Waals surface area (Å²) in [7, 11) is 0. The van der Waals surface area contributed by atoms with E-state index < -0.39 is 0 Å². The van der Waals surface area contributed by atoms with E-state index >= 15 is 0 Å². The third-order valence-corrected chi connectivity index (χ3v) is 4.97. The van der Waals surface area contributed by atoms with E-state index in [-0.39, 0.29) is 0 Å². The van der Waals surface area contributed by atoms with Crippen molar-refractivity contribution in [2.45, 2.75) is 12.8 Å². The number of hydrogen-bond donors (Lipinski definition) is 1. The molecule has 1 aliphatic heterocycles. The molecular formula is C20H21N3O3S. The topological polar surface area (TPSA) is 65.5 Å². The summed E-state index contributed by atoms with van der Waals surface area (Å²) in [4.78, 5) is 8.75. The van der Waals surface area contributed by atoms with Crippen molar-refractivity contribution in [3.05, 3.63) is 54.2 Å². The van der Waals surface area contributed by atoms with Gasteiger partial charge in [0.2, 0.25) is 0 Å². The highest BCUT2D eigenvalue weighted by molar-refractivity contribution is 7.13. The molecule has 0 aliphatic carbocycles. The highest BCUT2D eigenvalue weighted by Crippen LogP contribution is 2.32. The fraction of sp³-hybridized carbons (Fsp3) is 0.300. The summed E-state index contributed by atoms with van der Waals surface area (Å²) in [6, 6.07) is 11.5. The second kappa shape index (κ2) is 8.83. The van der Waals surface area contributed by atoms with E-state index in [9.17, 15) is 0 Å². The largest absolute Gasteiger partial charge is 0.489 e. The smallest absolute Gasteiger partial charge is 0.188 e. The number of anilines is 2. The number of para-hydroxylation sites is 1. The van der Waals surface area contributed by atoms with Crippen molar-refractivity contribution in [3.8, 4) is 17.2 Å². The molecule has 1 aromatic carbocycles. The van der Waals surface area contributed by atoms with Gasteiger partial charge in [-0.05, 0) is 30.9 Å². The van der Waals surface area contributed by atoms with Gasteiger partial charge in [0.1, 0.15) is 11.5 Å². The van der Waals surface area contributed by atoms with Crippen LogP contribution in [0.15, 0.2) is 54.2 Å². The zero-order valence-corrected chi connectivity index (χ0v) is 15.7. The van der Waals surface area contributed by atoms with Gasteiger partial charge in [-0.2, -0.15) is 0 Å². The highest BCUT2D eigenvalue weighted by Gasteiger charge is 2.17. The Bertz CT molecular complexity index is 837. The Balaban J connectivity index is 1.52. The van der Waals surface area contributed by atoms with Crippen molar-refractivity contribution in [1.82, 2.24) is 9.97 Å². The van der Waals surface area contributed by atoms with Crippen molar-refractivity contribution in [2.75, 3.05) is 25.1 Å². The van der Waals surface area contributed by atoms with Crippen LogP contribution in [0.2, 0.25) is 0 Å². The third kappa shape index (κ3) is 4.96. The van der Waals surface area contributed by atoms with E-state index in [0.29, 0.717) is 29.8 Å². The first-order valence-corrected chi connectivity index (χ1v) is 9.85. The predicted molar refractivity (Wildman–Crippen MR) is 105 cm³/mol. The van der Waals surface area contributed by atoms with Crippen molar-refractivity contribution in [3.63, 3.8) is 0 Å². The van der Waals surface area contributed by atoms with Crippen LogP contribution in [0.1, 0.15) is 12.8 Å². The van der Waals surface area contributed by atoms with Crippen molar-refractivity contribution >= 4 is 22.3 Å². The van der Waals surface area contributed by atoms with Gasteiger partial charge in [0.15, 0.2) is 16.7 Å². The maximum Gasteiger partial charge on any atom is 0.188 e. The molecule has 0 radical (unpaired) electrons. The molecule has 0 bridgehead atoms. The first-order chi connectivity index (χ1) is 13.4. The van der Waals surface area contributed by atoms with Crippen molar-refractivity contribution in [2.24, 2.45) is 5.92 Å². The molecule has 140 valence electrons. The minimum atomic E-state index is 0.491. The van der Waals surface area contributed by atoms with Gasteiger partial charge in [-0.25, -0.2) is 9.97 Å². The number of aromatic nitrogens is 2. The molecule has 0 saturated carbocycles. The molecule has 0 unspecified atom stereocenters. The standard InChI is InChI=1S/C20H21N3O3S/c1-2-4-16(5-3-1)26-17-12-18(25-14-15-6-9-24-10-7-15)19(22-13-17)23-20-21-8-11-27-20/h1-5,8,11-13,15H,6-7,9-10,14H2,(H,21,22,23). The Labute approximate surface area is 162 Å². The number of rotatable bonds is 7. The summed E-state index contributed by atoms with van der Waals surface area (Å²) in [5.74, 6) is 3.18. The fourth-order valence-corrected chi connectivity index (χ4v) is 3.35. The SMILES string of the molecule is c1ccc(Oc2cnc(Nc3nccs3)c(OCC3CCOCC3)c2)cc1. The van der Waals surface area contributed by atoms with Gasteiger partial charge in [0, 0.05) is 30.9 Å². The maximum atomic E-state index is 6.12. The Hall–Kier alpha value is -2.64. The first-order valence-electron chi connectivity index (χ1n) is 8.97. The molecule has 27 heavy (non-hydrogen) atoms. The molecule has 1 saturated heterocycles. The molecule has 0 atom stereocenters. The summed E-state index contributed by atoms with van der Waals surface area (Å²) in [6.07, 6.45) is 5.47. The molecule has 1 aliphatic rings. The van der Waals surface area contributed by atoms with E-state index in [1.54, 1.807) is 12.4 Å². The quantitative estimate of drug-likeness (QED) is 0.627. The molecule has 3 heterocycles. The van der Waals surface area contributed by atoms with E-state index in [1.165, 1.54) is 11.3 Å². The summed E-state index contributed by atoms with van der Waals surface area (Å²) in [5.41, 5.74) is 0. The molecule has 7 heteroatoms. The minimum absolute atomic E-state index is 0.491. The Kier molecular flexibility index (Phi) is 5.81. The zero-order valence-electron chi connectivity index (χ0n) is 14.8. The van der Waals surface area contributed by atoms with Gasteiger partial charge < -0.3 is 19.5 Å². The number of ether oxygens (including phenoxy) is 3. The Morgan fingerprint density at radius 2 is 1.96 bits per heavy atom. The van der Waals surface area contributed by atoms with Crippen LogP contribution >= 0.6 is 11.3 Å². The molecule has 0 spiro atoms. The molecule has 6 nitrogen and oxygen atoms in total. The molecule has 2 aromatic heterocycles. The van der Waals surface area contributed by atoms with E-state index in [0.717, 1.165) is 36.9 Å². The van der Waals surface area contributed by atoms with Crippen LogP contribution in [0.25, 0.3) is 0 Å². The van der Waals surface area contributed by atoms with E-state index in [4.69, 9.17) is 14.2 Å². The average molecular weight is 383 g/mol. The predicted octanol–water partition coefficient (Wildman–Crippen LogP) is 4.88. The minimum Gasteiger partial charge on any atom is -0.489 e. The highest BCUT2D eigenvalue weighted by atomic mass is 32.1. The Morgan fingerprint density at radius 1 is 1.11 bits per heavy atom. The van der Waals surface area contributed by atoms with Crippen molar-refractivity contribution in [1.29, 1.82) is 0 Å². The maximum absolute atomic E-state index is 6.12. The van der Waals surface area contributed by atoms with Gasteiger partial charge in [0.05, 0.1) is 12.8 Å². The van der Waals surface area contributed by atoms with Crippen molar-refractivity contribution < 1.29 is 14.2 Å². The van der Waals surface area contributed by atoms with Crippen LogP contribution in [-0.2, 0) is 4.74 Å². The van der Waals surface area contributed by atoms with Crippen LogP contribution < -0.4 is 14.8 Å². The summed E-state index contributed by atoms with van der Waals surface area (Å²) >= 11 is 1.51. The van der Waals surface area contributed by atoms with Crippen LogP contribution in [0.5, 0.6) is 17.2 Å². The molecule has 0 amide bonds. The molecule has 3 aromatic rings. The van der Waals surface area contributed by atoms with E-state index in [2.05, 4.69) is 15.3 Å². The molecular weight excluding hydrogens is 362 g/mol. The number of benzene rings is 1. The summed E-state index contributed by atoms with van der Waals surface area (Å²) < 4.78 is 17.4. The average Bonchev–Trinajstić information content (AvgIpc) is 3.23. The molecule has 1 N–H and O–H groups in total. The lowest BCUT2D eigenvalue weighted by molar-refractivity contribution is 0.0498. The second-order valence-electron chi connectivity index (χ2n) is 6.26. The lowest BCUT2D eigenvalue weighted by Gasteiger charge is -2.22. The lowest BCUT2D eigenvalue weighted by atomic mass is 10.0. The summed E-state index contributed by atoms with van der Waals surface area (Å²) in [5, 5.41) is 5.91. The second-order valence-corrected chi connectivity index (χ2v) is 7.16. The van der Waals surface area contributed by atoms with Crippen LogP contribution in [0, 0.1) is 5.92 Å². The van der Waals surface area contributed by atoms with Gasteiger partial charge >= 0.3 is 0 Å². The third-order valence-electron chi connectivity index (χ3n) is 4.28. The van der Waals surface area contributed by atoms with Gasteiger partial charge in [-0.15, -0.1) is 11.3 Å². The van der Waals surface area contributed by atoms with Crippen LogP contribution in [0.3, 0.4) is 0 Å². The van der Waals surface area contributed by atoms with Crippen LogP contribution in [-0.4, -0.2) is 29.8 Å². The zero-order chi connectivity index (χ0) is 18.3. The number of nitrogens with one attached hydrogen (secondary N) is 1. The number of thiazole rings is 1. The van der Waals surface area contributed by atoms with Crippen LogP contribution in [0.4, 0.5) is 10.9 Å². The van der Waals surface area contributed by atoms with Gasteiger partial charge in [-0.3, -0.25) is 0 Å². The number of pyridine rings is 1. The number of hydrogen-bond acceptors (Lipinski definition) is 7. The monoisotopic (exact) mass is 383 g/mol. The van der Waals surface area contributed by atoms with E-state index in [1.807, 2.05) is 41.8 Å². The Morgan fingerprint density at radius 3 is 2.74 bits per heavy atom. The lowest BCUT2D eigenvalue weighted by Crippen LogP contribution is -2.21. The fourth-order valence-electron chi connectivity index (χ4n) is 2.82. The normalized spacial score (nSPS) is 14.7. The summed E-state index contributed by atoms with van der Waals surface area (Å²) in [6.45, 7) is 2.23. The molecule has 4 rings (SSSR count). The van der Waals surface area contributed by atoms with Gasteiger partial charge in [-0.1, -0.05) is 18.2 Å². The van der Waals surface area contributed by atoms with Gasteiger partial charge in [0.25, 0.3) is 0 Å². The molecule has 1 fully saturated rings. The number of nitrogens with zero attached hydrogens (tertiary/aromatic N) is 2.